The lowest BCUT2D eigenvalue weighted by Crippen LogP contribution is -2.30. The topological polar surface area (TPSA) is 134 Å². The maximum absolute atomic E-state index is 13.4. The first-order chi connectivity index (χ1) is 17.7. The number of carboxylic acids is 1. The maximum Gasteiger partial charge on any atom is 0.303 e. The van der Waals surface area contributed by atoms with Gasteiger partial charge in [-0.2, -0.15) is 4.31 Å². The minimum atomic E-state index is -3.63. The van der Waals surface area contributed by atoms with Gasteiger partial charge in [-0.25, -0.2) is 13.1 Å². The minimum absolute atomic E-state index is 0.0467. The SMILES string of the molecule is CCOc1ccccc1N=Cc1c(CCCC(=O)O)[nH]n(-c2ccc(S(=O)(=O)N(CC)CC)cc2)c1=O. The van der Waals surface area contributed by atoms with Gasteiger partial charge in [-0.1, -0.05) is 26.0 Å². The summed E-state index contributed by atoms with van der Waals surface area (Å²) in [5, 5.41) is 12.1. The maximum atomic E-state index is 13.4. The van der Waals surface area contributed by atoms with Gasteiger partial charge in [0, 0.05) is 31.4 Å². The average molecular weight is 529 g/mol. The first-order valence-electron chi connectivity index (χ1n) is 12.1. The molecule has 1 heterocycles. The Labute approximate surface area is 216 Å². The Kier molecular flexibility index (Phi) is 9.42. The van der Waals surface area contributed by atoms with Crippen LogP contribution in [-0.4, -0.2) is 59.5 Å². The minimum Gasteiger partial charge on any atom is -0.492 e. The van der Waals surface area contributed by atoms with Gasteiger partial charge in [0.1, 0.15) is 11.4 Å². The summed E-state index contributed by atoms with van der Waals surface area (Å²) >= 11 is 0. The molecule has 11 heteroatoms. The van der Waals surface area contributed by atoms with Crippen molar-refractivity contribution in [2.24, 2.45) is 4.99 Å². The average Bonchev–Trinajstić information content (AvgIpc) is 3.19. The number of aliphatic carboxylic acids is 1. The van der Waals surface area contributed by atoms with Gasteiger partial charge in [-0.15, -0.1) is 0 Å². The van der Waals surface area contributed by atoms with Crippen LogP contribution < -0.4 is 10.3 Å². The fraction of sp³-hybridized carbons (Fsp3) is 0.346. The summed E-state index contributed by atoms with van der Waals surface area (Å²) in [4.78, 5) is 29.0. The van der Waals surface area contributed by atoms with Crippen LogP contribution in [0.15, 0.2) is 63.2 Å². The highest BCUT2D eigenvalue weighted by Crippen LogP contribution is 2.27. The number of aliphatic imine (C=N–C) groups is 1. The Morgan fingerprint density at radius 3 is 2.41 bits per heavy atom. The molecular formula is C26H32N4O6S. The molecule has 0 radical (unpaired) electrons. The molecule has 0 saturated heterocycles. The number of nitrogens with zero attached hydrogens (tertiary/aromatic N) is 3. The quantitative estimate of drug-likeness (QED) is 0.325. The molecule has 0 saturated carbocycles. The van der Waals surface area contributed by atoms with E-state index in [1.165, 1.54) is 27.3 Å². The lowest BCUT2D eigenvalue weighted by molar-refractivity contribution is -0.137. The molecule has 0 bridgehead atoms. The fourth-order valence-corrected chi connectivity index (χ4v) is 5.33. The number of benzene rings is 2. The van der Waals surface area contributed by atoms with Crippen LogP contribution in [-0.2, 0) is 21.2 Å². The monoisotopic (exact) mass is 528 g/mol. The number of rotatable bonds is 13. The van der Waals surface area contributed by atoms with E-state index in [1.807, 2.05) is 19.1 Å². The van der Waals surface area contributed by atoms with Crippen molar-refractivity contribution in [3.05, 3.63) is 70.1 Å². The van der Waals surface area contributed by atoms with E-state index in [0.29, 0.717) is 55.4 Å². The number of hydrogen-bond donors (Lipinski definition) is 2. The van der Waals surface area contributed by atoms with Gasteiger partial charge in [-0.05, 0) is 56.2 Å². The molecule has 37 heavy (non-hydrogen) atoms. The van der Waals surface area contributed by atoms with Crippen LogP contribution in [0.3, 0.4) is 0 Å². The second kappa shape index (κ2) is 12.5. The van der Waals surface area contributed by atoms with Crippen LogP contribution in [0.25, 0.3) is 5.69 Å². The summed E-state index contributed by atoms with van der Waals surface area (Å²) in [6.45, 7) is 6.58. The van der Waals surface area contributed by atoms with E-state index in [0.717, 1.165) is 0 Å². The highest BCUT2D eigenvalue weighted by Gasteiger charge is 2.22. The first-order valence-corrected chi connectivity index (χ1v) is 13.6. The van der Waals surface area contributed by atoms with Crippen molar-refractivity contribution in [2.75, 3.05) is 19.7 Å². The Balaban J connectivity index is 2.01. The van der Waals surface area contributed by atoms with E-state index < -0.39 is 16.0 Å². The van der Waals surface area contributed by atoms with Crippen molar-refractivity contribution in [1.82, 2.24) is 14.1 Å². The van der Waals surface area contributed by atoms with Gasteiger partial charge >= 0.3 is 5.97 Å². The largest absolute Gasteiger partial charge is 0.492 e. The Morgan fingerprint density at radius 2 is 1.78 bits per heavy atom. The van der Waals surface area contributed by atoms with E-state index in [4.69, 9.17) is 9.84 Å². The molecule has 1 aromatic heterocycles. The molecule has 0 fully saturated rings. The molecule has 0 aliphatic rings. The van der Waals surface area contributed by atoms with Crippen molar-refractivity contribution in [3.8, 4) is 11.4 Å². The summed E-state index contributed by atoms with van der Waals surface area (Å²) in [7, 11) is -3.63. The summed E-state index contributed by atoms with van der Waals surface area (Å²) in [5.41, 5.74) is 1.43. The van der Waals surface area contributed by atoms with Gasteiger partial charge in [0.2, 0.25) is 10.0 Å². The molecule has 0 unspecified atom stereocenters. The van der Waals surface area contributed by atoms with E-state index in [9.17, 15) is 18.0 Å². The number of aromatic nitrogens is 2. The Bertz CT molecular complexity index is 1400. The third-order valence-electron chi connectivity index (χ3n) is 5.76. The molecule has 0 atom stereocenters. The fourth-order valence-electron chi connectivity index (χ4n) is 3.87. The van der Waals surface area contributed by atoms with Gasteiger partial charge in [-0.3, -0.25) is 19.7 Å². The second-order valence-electron chi connectivity index (χ2n) is 8.13. The number of aryl methyl sites for hydroxylation is 1. The Morgan fingerprint density at radius 1 is 1.11 bits per heavy atom. The molecule has 198 valence electrons. The molecule has 10 nitrogen and oxygen atoms in total. The van der Waals surface area contributed by atoms with Gasteiger partial charge in [0.15, 0.2) is 0 Å². The number of H-pyrrole nitrogens is 1. The van der Waals surface area contributed by atoms with Crippen LogP contribution in [0.1, 0.15) is 44.9 Å². The molecule has 0 spiro atoms. The number of para-hydroxylation sites is 2. The number of carbonyl (C=O) groups is 1. The number of aromatic amines is 1. The smallest absolute Gasteiger partial charge is 0.303 e. The summed E-state index contributed by atoms with van der Waals surface area (Å²) in [6, 6.07) is 13.2. The lowest BCUT2D eigenvalue weighted by Gasteiger charge is -2.18. The third-order valence-corrected chi connectivity index (χ3v) is 7.82. The van der Waals surface area contributed by atoms with Crippen LogP contribution in [0.2, 0.25) is 0 Å². The number of carboxylic acid groups (broad SMARTS) is 1. The molecule has 2 N–H and O–H groups in total. The van der Waals surface area contributed by atoms with E-state index >= 15 is 0 Å². The molecule has 0 amide bonds. The number of hydrogen-bond acceptors (Lipinski definition) is 6. The predicted molar refractivity (Wildman–Crippen MR) is 142 cm³/mol. The highest BCUT2D eigenvalue weighted by atomic mass is 32.2. The van der Waals surface area contributed by atoms with Gasteiger partial charge in [0.25, 0.3) is 5.56 Å². The van der Waals surface area contributed by atoms with Crippen LogP contribution in [0.5, 0.6) is 5.75 Å². The van der Waals surface area contributed by atoms with Crippen LogP contribution in [0, 0.1) is 0 Å². The van der Waals surface area contributed by atoms with E-state index in [2.05, 4.69) is 10.1 Å². The first kappa shape index (κ1) is 27.9. The number of sulfonamides is 1. The van der Waals surface area contributed by atoms with E-state index in [-0.39, 0.29) is 22.4 Å². The molecule has 0 aliphatic heterocycles. The van der Waals surface area contributed by atoms with Crippen molar-refractivity contribution in [3.63, 3.8) is 0 Å². The van der Waals surface area contributed by atoms with Crippen molar-refractivity contribution in [2.45, 2.75) is 44.9 Å². The molecular weight excluding hydrogens is 496 g/mol. The lowest BCUT2D eigenvalue weighted by atomic mass is 10.1. The summed E-state index contributed by atoms with van der Waals surface area (Å²) < 4.78 is 33.9. The van der Waals surface area contributed by atoms with E-state index in [1.54, 1.807) is 38.1 Å². The summed E-state index contributed by atoms with van der Waals surface area (Å²) in [6.07, 6.45) is 2.04. The van der Waals surface area contributed by atoms with Crippen LogP contribution >= 0.6 is 0 Å². The molecule has 3 rings (SSSR count). The van der Waals surface area contributed by atoms with Crippen molar-refractivity contribution in [1.29, 1.82) is 0 Å². The zero-order valence-corrected chi connectivity index (χ0v) is 22.0. The van der Waals surface area contributed by atoms with Gasteiger partial charge < -0.3 is 9.84 Å². The standard InChI is InChI=1S/C26H32N4O6S/c1-4-29(5-2)37(34,35)20-16-14-19(15-17-20)30-26(33)21(22(28-30)11-9-13-25(31)32)18-27-23-10-7-8-12-24(23)36-6-3/h7-8,10,12,14-18,28H,4-6,9,11,13H2,1-3H3,(H,31,32). The number of nitrogens with one attached hydrogen (secondary N) is 1. The highest BCUT2D eigenvalue weighted by molar-refractivity contribution is 7.89. The van der Waals surface area contributed by atoms with Crippen LogP contribution in [0.4, 0.5) is 5.69 Å². The molecule has 3 aromatic rings. The van der Waals surface area contributed by atoms with Crippen molar-refractivity contribution < 1.29 is 23.1 Å². The van der Waals surface area contributed by atoms with Gasteiger partial charge in [0.05, 0.1) is 22.8 Å². The normalized spacial score (nSPS) is 11.9. The summed E-state index contributed by atoms with van der Waals surface area (Å²) in [5.74, 6) is -0.345. The Hall–Kier alpha value is -3.70. The molecule has 2 aromatic carbocycles. The number of ether oxygens (including phenoxy) is 1. The molecule has 0 aliphatic carbocycles. The third kappa shape index (κ3) is 6.55. The predicted octanol–water partition coefficient (Wildman–Crippen LogP) is 3.75. The van der Waals surface area contributed by atoms with Crippen molar-refractivity contribution >= 4 is 27.9 Å². The zero-order chi connectivity index (χ0) is 27.0. The second-order valence-corrected chi connectivity index (χ2v) is 10.1. The zero-order valence-electron chi connectivity index (χ0n) is 21.2.